The Morgan fingerprint density at radius 1 is 1.44 bits per heavy atom. The number of hydrogen-bond acceptors (Lipinski definition) is 4. The molecule has 1 atom stereocenters. The Kier molecular flexibility index (Phi) is 4.55. The summed E-state index contributed by atoms with van der Waals surface area (Å²) >= 11 is 0. The zero-order valence-electron chi connectivity index (χ0n) is 9.89. The molecule has 18 heavy (non-hydrogen) atoms. The van der Waals surface area contributed by atoms with E-state index in [1.165, 1.54) is 0 Å². The van der Waals surface area contributed by atoms with Crippen molar-refractivity contribution in [3.05, 3.63) is 0 Å². The molecule has 0 spiro atoms. The van der Waals surface area contributed by atoms with E-state index in [9.17, 15) is 22.8 Å². The summed E-state index contributed by atoms with van der Waals surface area (Å²) in [6.45, 7) is 0.778. The Balaban J connectivity index is 2.65. The average molecular weight is 268 g/mol. The molecule has 0 aliphatic carbocycles. The van der Waals surface area contributed by atoms with Gasteiger partial charge < -0.3 is 15.4 Å². The van der Waals surface area contributed by atoms with Gasteiger partial charge in [0.1, 0.15) is 6.54 Å². The highest BCUT2D eigenvalue weighted by Gasteiger charge is 2.61. The summed E-state index contributed by atoms with van der Waals surface area (Å²) < 4.78 is 43.3. The van der Waals surface area contributed by atoms with Crippen LogP contribution in [0.15, 0.2) is 0 Å². The first-order valence-corrected chi connectivity index (χ1v) is 5.55. The Labute approximate surface area is 102 Å². The number of hydrogen-bond donors (Lipinski definition) is 2. The smallest absolute Gasteiger partial charge is 0.404 e. The lowest BCUT2D eigenvalue weighted by atomic mass is 9.85. The van der Waals surface area contributed by atoms with Crippen LogP contribution in [0.3, 0.4) is 0 Å². The Bertz CT molecular complexity index is 325. The molecule has 1 aliphatic rings. The van der Waals surface area contributed by atoms with Crippen LogP contribution in [0.2, 0.25) is 0 Å². The fourth-order valence-electron chi connectivity index (χ4n) is 1.79. The number of carbonyl (C=O) groups is 2. The molecule has 1 rings (SSSR count). The number of carbonyl (C=O) groups excluding carboxylic acids is 2. The topological polar surface area (TPSA) is 67.4 Å². The van der Waals surface area contributed by atoms with E-state index >= 15 is 0 Å². The summed E-state index contributed by atoms with van der Waals surface area (Å²) in [5, 5.41) is 4.50. The molecule has 8 heteroatoms. The minimum absolute atomic E-state index is 0.112. The maximum Gasteiger partial charge on any atom is 0.404 e. The Hall–Kier alpha value is -1.31. The lowest BCUT2D eigenvalue weighted by Gasteiger charge is -2.29. The largest absolute Gasteiger partial charge is 0.465 e. The van der Waals surface area contributed by atoms with Crippen molar-refractivity contribution in [2.75, 3.05) is 26.2 Å². The molecule has 0 radical (unpaired) electrons. The van der Waals surface area contributed by atoms with Gasteiger partial charge in [-0.1, -0.05) is 0 Å². The molecule has 5 nitrogen and oxygen atoms in total. The Morgan fingerprint density at radius 3 is 2.56 bits per heavy atom. The second-order valence-electron chi connectivity index (χ2n) is 3.99. The average Bonchev–Trinajstić information content (AvgIpc) is 2.75. The number of ether oxygens (including phenoxy) is 1. The fourth-order valence-corrected chi connectivity index (χ4v) is 1.79. The van der Waals surface area contributed by atoms with Crippen LogP contribution in [-0.2, 0) is 14.3 Å². The van der Waals surface area contributed by atoms with Crippen molar-refractivity contribution in [3.8, 4) is 0 Å². The van der Waals surface area contributed by atoms with E-state index in [0.717, 1.165) is 0 Å². The van der Waals surface area contributed by atoms with Gasteiger partial charge in [-0.15, -0.1) is 0 Å². The van der Waals surface area contributed by atoms with Crippen molar-refractivity contribution in [3.63, 3.8) is 0 Å². The quantitative estimate of drug-likeness (QED) is 0.715. The monoisotopic (exact) mass is 268 g/mol. The van der Waals surface area contributed by atoms with Gasteiger partial charge in [-0.3, -0.25) is 9.59 Å². The summed E-state index contributed by atoms with van der Waals surface area (Å²) in [6, 6.07) is 0. The van der Waals surface area contributed by atoms with Crippen LogP contribution in [0.5, 0.6) is 0 Å². The molecule has 104 valence electrons. The van der Waals surface area contributed by atoms with E-state index in [0.29, 0.717) is 0 Å². The van der Waals surface area contributed by atoms with Crippen LogP contribution in [0, 0.1) is 5.41 Å². The molecule has 0 aromatic rings. The van der Waals surface area contributed by atoms with Crippen molar-refractivity contribution < 1.29 is 27.5 Å². The molecule has 0 aromatic heterocycles. The highest BCUT2D eigenvalue weighted by atomic mass is 19.4. The van der Waals surface area contributed by atoms with Crippen LogP contribution in [-0.4, -0.2) is 44.3 Å². The number of esters is 1. The van der Waals surface area contributed by atoms with Crippen molar-refractivity contribution in [2.24, 2.45) is 5.41 Å². The van der Waals surface area contributed by atoms with Gasteiger partial charge >= 0.3 is 12.1 Å². The third-order valence-electron chi connectivity index (χ3n) is 2.83. The second-order valence-corrected chi connectivity index (χ2v) is 3.99. The van der Waals surface area contributed by atoms with Gasteiger partial charge in [0, 0.05) is 6.54 Å². The van der Waals surface area contributed by atoms with Gasteiger partial charge in [-0.2, -0.15) is 13.2 Å². The summed E-state index contributed by atoms with van der Waals surface area (Å²) in [4.78, 5) is 22.6. The van der Waals surface area contributed by atoms with Gasteiger partial charge in [0.05, 0.1) is 6.61 Å². The maximum atomic E-state index is 12.9. The number of alkyl halides is 3. The zero-order chi connectivity index (χ0) is 13.8. The number of amides is 1. The van der Waals surface area contributed by atoms with E-state index < -0.39 is 36.6 Å². The summed E-state index contributed by atoms with van der Waals surface area (Å²) in [6.07, 6.45) is -4.97. The number of rotatable bonds is 4. The van der Waals surface area contributed by atoms with E-state index in [2.05, 4.69) is 10.1 Å². The highest BCUT2D eigenvalue weighted by molar-refractivity contribution is 5.87. The molecule has 0 aromatic carbocycles. The van der Waals surface area contributed by atoms with Crippen LogP contribution < -0.4 is 10.6 Å². The molecule has 1 aliphatic heterocycles. The normalized spacial score (nSPS) is 23.8. The fraction of sp³-hybridized carbons (Fsp3) is 0.800. The molecule has 1 saturated heterocycles. The molecule has 1 heterocycles. The van der Waals surface area contributed by atoms with Crippen LogP contribution in [0.1, 0.15) is 13.3 Å². The lowest BCUT2D eigenvalue weighted by Crippen LogP contribution is -2.53. The summed E-state index contributed by atoms with van der Waals surface area (Å²) in [7, 11) is 0. The van der Waals surface area contributed by atoms with Crippen LogP contribution in [0.4, 0.5) is 13.2 Å². The third-order valence-corrected chi connectivity index (χ3v) is 2.83. The van der Waals surface area contributed by atoms with Gasteiger partial charge in [-0.25, -0.2) is 0 Å². The zero-order valence-corrected chi connectivity index (χ0v) is 9.89. The molecular weight excluding hydrogens is 253 g/mol. The minimum Gasteiger partial charge on any atom is -0.465 e. The first-order valence-electron chi connectivity index (χ1n) is 5.55. The molecule has 1 fully saturated rings. The highest BCUT2D eigenvalue weighted by Crippen LogP contribution is 2.43. The first kappa shape index (κ1) is 14.7. The van der Waals surface area contributed by atoms with E-state index in [1.807, 2.05) is 5.32 Å². The molecular formula is C10H15F3N2O3. The Morgan fingerprint density at radius 2 is 2.11 bits per heavy atom. The van der Waals surface area contributed by atoms with Crippen LogP contribution >= 0.6 is 0 Å². The summed E-state index contributed by atoms with van der Waals surface area (Å²) in [5.74, 6) is -1.94. The first-order chi connectivity index (χ1) is 8.33. The predicted octanol–water partition coefficient (Wildman–Crippen LogP) is 0.208. The van der Waals surface area contributed by atoms with Crippen LogP contribution in [0.25, 0.3) is 0 Å². The number of nitrogens with one attached hydrogen (secondary N) is 2. The van der Waals surface area contributed by atoms with Gasteiger partial charge in [0.2, 0.25) is 5.91 Å². The molecule has 0 bridgehead atoms. The molecule has 1 unspecified atom stereocenters. The van der Waals surface area contributed by atoms with E-state index in [-0.39, 0.29) is 19.6 Å². The van der Waals surface area contributed by atoms with Crippen molar-refractivity contribution in [1.29, 1.82) is 0 Å². The van der Waals surface area contributed by atoms with Crippen molar-refractivity contribution >= 4 is 11.9 Å². The number of halogens is 3. The van der Waals surface area contributed by atoms with Crippen molar-refractivity contribution in [2.45, 2.75) is 19.5 Å². The second kappa shape index (κ2) is 5.55. The lowest BCUT2D eigenvalue weighted by molar-refractivity contribution is -0.216. The standard InChI is InChI=1S/C10H15F3N2O3/c1-2-18-7(16)5-15-8(17)9(10(11,12)13)3-4-14-6-9/h14H,2-6H2,1H3,(H,15,17). The minimum atomic E-state index is -4.64. The van der Waals surface area contributed by atoms with Gasteiger partial charge in [0.15, 0.2) is 5.41 Å². The molecule has 1 amide bonds. The van der Waals surface area contributed by atoms with E-state index in [1.54, 1.807) is 6.92 Å². The predicted molar refractivity (Wildman–Crippen MR) is 55.6 cm³/mol. The third kappa shape index (κ3) is 2.92. The molecule has 0 saturated carbocycles. The molecule has 2 N–H and O–H groups in total. The maximum absolute atomic E-state index is 12.9. The SMILES string of the molecule is CCOC(=O)CNC(=O)C1(C(F)(F)F)CCNC1. The van der Waals surface area contributed by atoms with Crippen molar-refractivity contribution in [1.82, 2.24) is 10.6 Å². The van der Waals surface area contributed by atoms with Gasteiger partial charge in [-0.05, 0) is 19.9 Å². The van der Waals surface area contributed by atoms with Gasteiger partial charge in [0.25, 0.3) is 0 Å². The summed E-state index contributed by atoms with van der Waals surface area (Å²) in [5.41, 5.74) is -2.44. The van der Waals surface area contributed by atoms with E-state index in [4.69, 9.17) is 0 Å².